The molecule has 51 valence electrons. The van der Waals surface area contributed by atoms with E-state index in [1.807, 2.05) is 0 Å². The average molecular weight is 157 g/mol. The Hall–Kier alpha value is -1.09. The van der Waals surface area contributed by atoms with E-state index in [-0.39, 0.29) is 10.7 Å². The molecular weight excluding hydrogens is 154 g/mol. The standard InChI is InChI=1S/C6H3ClNO2/c7-5-2-1-4(3-8-5)6(9)10/h1-3H. The Morgan fingerprint density at radius 3 is 2.60 bits per heavy atom. The van der Waals surface area contributed by atoms with Gasteiger partial charge in [0.25, 0.3) is 0 Å². The maximum absolute atomic E-state index is 10.1. The van der Waals surface area contributed by atoms with Crippen LogP contribution in [0.25, 0.3) is 0 Å². The molecule has 10 heavy (non-hydrogen) atoms. The Balaban J connectivity index is 3.00. The van der Waals surface area contributed by atoms with Crippen molar-refractivity contribution in [2.24, 2.45) is 0 Å². The van der Waals surface area contributed by atoms with E-state index in [9.17, 15) is 9.90 Å². The summed E-state index contributed by atoms with van der Waals surface area (Å²) in [6, 6.07) is 2.73. The lowest BCUT2D eigenvalue weighted by Gasteiger charge is -1.88. The zero-order valence-corrected chi connectivity index (χ0v) is 5.63. The molecule has 0 aromatic carbocycles. The van der Waals surface area contributed by atoms with E-state index in [1.54, 1.807) is 0 Å². The van der Waals surface area contributed by atoms with Crippen LogP contribution in [0.1, 0.15) is 10.4 Å². The lowest BCUT2D eigenvalue weighted by atomic mass is 10.3. The smallest absolute Gasteiger partial charge is 0.244 e. The van der Waals surface area contributed by atoms with Gasteiger partial charge in [0.2, 0.25) is 0 Å². The van der Waals surface area contributed by atoms with Gasteiger partial charge < -0.3 is 0 Å². The third kappa shape index (κ3) is 1.45. The first-order valence-electron chi connectivity index (χ1n) is 2.53. The van der Waals surface area contributed by atoms with Gasteiger partial charge in [-0.25, -0.2) is 14.9 Å². The highest BCUT2D eigenvalue weighted by molar-refractivity contribution is 6.29. The monoisotopic (exact) mass is 156 g/mol. The predicted octanol–water partition coefficient (Wildman–Crippen LogP) is 1.31. The summed E-state index contributed by atoms with van der Waals surface area (Å²) in [5.74, 6) is -1.25. The zero-order chi connectivity index (χ0) is 7.56. The fourth-order valence-corrected chi connectivity index (χ4v) is 0.608. The molecule has 0 bridgehead atoms. The maximum Gasteiger partial charge on any atom is 0.387 e. The first-order chi connectivity index (χ1) is 4.70. The molecule has 0 unspecified atom stereocenters. The summed E-state index contributed by atoms with van der Waals surface area (Å²) in [7, 11) is 0. The molecule has 1 rings (SSSR count). The van der Waals surface area contributed by atoms with E-state index < -0.39 is 5.97 Å². The quantitative estimate of drug-likeness (QED) is 0.576. The van der Waals surface area contributed by atoms with Gasteiger partial charge in [-0.3, -0.25) is 0 Å². The third-order valence-electron chi connectivity index (χ3n) is 0.963. The molecule has 0 aliphatic rings. The predicted molar refractivity (Wildman–Crippen MR) is 34.3 cm³/mol. The van der Waals surface area contributed by atoms with E-state index in [0.29, 0.717) is 0 Å². The molecule has 3 nitrogen and oxygen atoms in total. The van der Waals surface area contributed by atoms with Crippen LogP contribution in [0.5, 0.6) is 0 Å². The Kier molecular flexibility index (Phi) is 1.87. The molecule has 0 atom stereocenters. The Bertz CT molecular complexity index is 244. The van der Waals surface area contributed by atoms with E-state index in [2.05, 4.69) is 4.98 Å². The number of aromatic nitrogens is 1. The molecule has 1 heterocycles. The van der Waals surface area contributed by atoms with Crippen molar-refractivity contribution < 1.29 is 9.90 Å². The van der Waals surface area contributed by atoms with Gasteiger partial charge in [0, 0.05) is 6.20 Å². The van der Waals surface area contributed by atoms with E-state index in [0.717, 1.165) is 6.20 Å². The molecule has 1 radical (unpaired) electrons. The van der Waals surface area contributed by atoms with Crippen LogP contribution in [0.2, 0.25) is 5.15 Å². The van der Waals surface area contributed by atoms with Crippen LogP contribution in [0.15, 0.2) is 18.3 Å². The number of pyridine rings is 1. The number of rotatable bonds is 1. The second kappa shape index (κ2) is 2.66. The molecule has 0 spiro atoms. The van der Waals surface area contributed by atoms with E-state index >= 15 is 0 Å². The van der Waals surface area contributed by atoms with E-state index in [4.69, 9.17) is 11.6 Å². The minimum absolute atomic E-state index is 0.0319. The summed E-state index contributed by atoms with van der Waals surface area (Å²) >= 11 is 5.39. The molecule has 0 fully saturated rings. The molecule has 1 aromatic heterocycles. The number of hydrogen-bond acceptors (Lipinski definition) is 2. The number of halogens is 1. The maximum atomic E-state index is 10.1. The Morgan fingerprint density at radius 2 is 2.20 bits per heavy atom. The molecule has 0 saturated carbocycles. The summed E-state index contributed by atoms with van der Waals surface area (Å²) < 4.78 is 0. The molecule has 4 heteroatoms. The largest absolute Gasteiger partial charge is 0.387 e. The van der Waals surface area contributed by atoms with Crippen molar-refractivity contribution in [1.29, 1.82) is 0 Å². The van der Waals surface area contributed by atoms with Gasteiger partial charge in [0.05, 0.1) is 5.56 Å². The van der Waals surface area contributed by atoms with Gasteiger partial charge in [0.15, 0.2) is 0 Å². The Morgan fingerprint density at radius 1 is 1.50 bits per heavy atom. The van der Waals surface area contributed by atoms with Gasteiger partial charge in [-0.15, -0.1) is 0 Å². The van der Waals surface area contributed by atoms with Gasteiger partial charge >= 0.3 is 5.97 Å². The van der Waals surface area contributed by atoms with Crippen molar-refractivity contribution >= 4 is 17.6 Å². The van der Waals surface area contributed by atoms with Crippen LogP contribution in [0.3, 0.4) is 0 Å². The number of hydrogen-bond donors (Lipinski definition) is 0. The molecular formula is C6H3ClNO2. The highest BCUT2D eigenvalue weighted by Crippen LogP contribution is 2.04. The normalized spacial score (nSPS) is 9.30. The topological polar surface area (TPSA) is 49.9 Å². The minimum atomic E-state index is -1.25. The molecule has 0 amide bonds. The van der Waals surface area contributed by atoms with Crippen molar-refractivity contribution in [2.45, 2.75) is 0 Å². The van der Waals surface area contributed by atoms with Crippen molar-refractivity contribution in [3.8, 4) is 0 Å². The molecule has 0 N–H and O–H groups in total. The van der Waals surface area contributed by atoms with Crippen LogP contribution in [-0.4, -0.2) is 11.0 Å². The van der Waals surface area contributed by atoms with E-state index in [1.165, 1.54) is 12.1 Å². The minimum Gasteiger partial charge on any atom is -0.244 e. The molecule has 0 aliphatic carbocycles. The first-order valence-corrected chi connectivity index (χ1v) is 2.91. The lowest BCUT2D eigenvalue weighted by molar-refractivity contribution is 0.0573. The van der Waals surface area contributed by atoms with Crippen molar-refractivity contribution in [1.82, 2.24) is 4.98 Å². The van der Waals surface area contributed by atoms with Gasteiger partial charge in [-0.1, -0.05) is 11.6 Å². The van der Waals surface area contributed by atoms with Crippen molar-refractivity contribution in [2.75, 3.05) is 0 Å². The fourth-order valence-electron chi connectivity index (χ4n) is 0.497. The van der Waals surface area contributed by atoms with Gasteiger partial charge in [-0.05, 0) is 12.1 Å². The van der Waals surface area contributed by atoms with Gasteiger partial charge in [0.1, 0.15) is 5.15 Å². The second-order valence-electron chi connectivity index (χ2n) is 1.66. The number of carbonyl (C=O) groups excluding carboxylic acids is 1. The number of carbonyl (C=O) groups is 1. The summed E-state index contributed by atoms with van der Waals surface area (Å²) in [5, 5.41) is 10.4. The number of nitrogens with zero attached hydrogens (tertiary/aromatic N) is 1. The van der Waals surface area contributed by atoms with Crippen LogP contribution in [0.4, 0.5) is 0 Å². The van der Waals surface area contributed by atoms with Crippen LogP contribution >= 0.6 is 11.6 Å². The van der Waals surface area contributed by atoms with Gasteiger partial charge in [-0.2, -0.15) is 0 Å². The Labute approximate surface area is 62.3 Å². The summed E-state index contributed by atoms with van der Waals surface area (Å²) in [4.78, 5) is 13.7. The average Bonchev–Trinajstić information content (AvgIpc) is 1.88. The summed E-state index contributed by atoms with van der Waals surface area (Å²) in [6.07, 6.45) is 1.15. The zero-order valence-electron chi connectivity index (χ0n) is 4.87. The van der Waals surface area contributed by atoms with Crippen LogP contribution < -0.4 is 0 Å². The summed E-state index contributed by atoms with van der Waals surface area (Å²) in [6.45, 7) is 0. The lowest BCUT2D eigenvalue weighted by Crippen LogP contribution is -1.93. The molecule has 0 saturated heterocycles. The third-order valence-corrected chi connectivity index (χ3v) is 1.19. The SMILES string of the molecule is [O]C(=O)c1ccc(Cl)nc1. The fraction of sp³-hybridized carbons (Fsp3) is 0. The van der Waals surface area contributed by atoms with Crippen LogP contribution in [-0.2, 0) is 5.11 Å². The van der Waals surface area contributed by atoms with Crippen molar-refractivity contribution in [3.63, 3.8) is 0 Å². The second-order valence-corrected chi connectivity index (χ2v) is 2.04. The highest BCUT2D eigenvalue weighted by Gasteiger charge is 2.03. The molecule has 1 aromatic rings. The summed E-state index contributed by atoms with van der Waals surface area (Å²) in [5.41, 5.74) is 0.0319. The molecule has 0 aliphatic heterocycles. The van der Waals surface area contributed by atoms with Crippen molar-refractivity contribution in [3.05, 3.63) is 29.0 Å². The highest BCUT2D eigenvalue weighted by atomic mass is 35.5. The van der Waals surface area contributed by atoms with Crippen LogP contribution in [0, 0.1) is 0 Å². The first kappa shape index (κ1) is 7.02.